The van der Waals surface area contributed by atoms with Crippen LogP contribution in [0.2, 0.25) is 0 Å². The molecule has 0 aliphatic heterocycles. The Morgan fingerprint density at radius 2 is 2.42 bits per heavy atom. The molecule has 0 bridgehead atoms. The molecule has 1 aromatic heterocycles. The molecular weight excluding hydrogens is 238 g/mol. The van der Waals surface area contributed by atoms with E-state index >= 15 is 0 Å². The molecule has 0 spiro atoms. The van der Waals surface area contributed by atoms with Crippen molar-refractivity contribution in [3.8, 4) is 0 Å². The zero-order chi connectivity index (χ0) is 8.97. The molecule has 0 radical (unpaired) electrons. The monoisotopic (exact) mass is 249 g/mol. The van der Waals surface area contributed by atoms with Crippen LogP contribution in [0, 0.1) is 6.92 Å². The molecule has 1 aromatic rings. The summed E-state index contributed by atoms with van der Waals surface area (Å²) >= 11 is 5.23. The second-order valence-corrected chi connectivity index (χ2v) is 4.71. The highest BCUT2D eigenvalue weighted by Gasteiger charge is 2.01. The summed E-state index contributed by atoms with van der Waals surface area (Å²) in [6.07, 6.45) is 0. The Labute approximate surface area is 84.7 Å². The molecule has 0 aliphatic carbocycles. The summed E-state index contributed by atoms with van der Waals surface area (Å²) in [4.78, 5) is 2.60. The fourth-order valence-electron chi connectivity index (χ4n) is 0.896. The van der Waals surface area contributed by atoms with Gasteiger partial charge in [0.05, 0.1) is 6.61 Å². The van der Waals surface area contributed by atoms with Crippen LogP contribution in [0.15, 0.2) is 10.5 Å². The quantitative estimate of drug-likeness (QED) is 0.800. The Morgan fingerprint density at radius 1 is 1.67 bits per heavy atom. The lowest BCUT2D eigenvalue weighted by Gasteiger charge is -1.97. The first-order valence-corrected chi connectivity index (χ1v) is 5.41. The van der Waals surface area contributed by atoms with Crippen LogP contribution in [0.5, 0.6) is 0 Å². The molecule has 2 N–H and O–H groups in total. The second kappa shape index (κ2) is 4.97. The zero-order valence-electron chi connectivity index (χ0n) is 6.93. The molecule has 0 amide bonds. The molecule has 0 fully saturated rings. The van der Waals surface area contributed by atoms with Gasteiger partial charge in [0, 0.05) is 27.3 Å². The van der Waals surface area contributed by atoms with Gasteiger partial charge in [-0.3, -0.25) is 0 Å². The Kier molecular flexibility index (Phi) is 4.21. The van der Waals surface area contributed by atoms with E-state index in [1.165, 1.54) is 14.2 Å². The summed E-state index contributed by atoms with van der Waals surface area (Å²) < 4.78 is 1.17. The van der Waals surface area contributed by atoms with E-state index in [9.17, 15) is 0 Å². The highest BCUT2D eigenvalue weighted by molar-refractivity contribution is 9.10. The normalized spacial score (nSPS) is 10.6. The summed E-state index contributed by atoms with van der Waals surface area (Å²) in [5.74, 6) is 0. The van der Waals surface area contributed by atoms with E-state index in [1.54, 1.807) is 11.3 Å². The van der Waals surface area contributed by atoms with Crippen molar-refractivity contribution in [1.82, 2.24) is 5.32 Å². The predicted molar refractivity (Wildman–Crippen MR) is 55.5 cm³/mol. The average molecular weight is 250 g/mol. The summed E-state index contributed by atoms with van der Waals surface area (Å²) in [6.45, 7) is 3.79. The average Bonchev–Trinajstić information content (AvgIpc) is 2.32. The van der Waals surface area contributed by atoms with Crippen molar-refractivity contribution in [1.29, 1.82) is 0 Å². The third-order valence-electron chi connectivity index (χ3n) is 1.50. The third-order valence-corrected chi connectivity index (χ3v) is 3.63. The smallest absolute Gasteiger partial charge is 0.0556 e. The molecule has 12 heavy (non-hydrogen) atoms. The molecule has 1 heterocycles. The standard InChI is InChI=1S/C8H12BrNOS/c1-6-8(9)4-7(12-6)5-10-2-3-11/h4,10-11H,2-3,5H2,1H3. The number of aliphatic hydroxyl groups excluding tert-OH is 1. The molecule has 1 rings (SSSR count). The van der Waals surface area contributed by atoms with Gasteiger partial charge in [-0.1, -0.05) is 0 Å². The van der Waals surface area contributed by atoms with Crippen LogP contribution in [0.1, 0.15) is 9.75 Å². The van der Waals surface area contributed by atoms with Crippen molar-refractivity contribution >= 4 is 27.3 Å². The van der Waals surface area contributed by atoms with Crippen molar-refractivity contribution in [2.24, 2.45) is 0 Å². The van der Waals surface area contributed by atoms with E-state index < -0.39 is 0 Å². The summed E-state index contributed by atoms with van der Waals surface area (Å²) in [6, 6.07) is 2.12. The Hall–Kier alpha value is 0.100. The topological polar surface area (TPSA) is 32.3 Å². The first kappa shape index (κ1) is 10.2. The number of aliphatic hydroxyl groups is 1. The number of hydrogen-bond donors (Lipinski definition) is 2. The Balaban J connectivity index is 2.42. The molecular formula is C8H12BrNOS. The summed E-state index contributed by atoms with van der Waals surface area (Å²) in [5, 5.41) is 11.7. The van der Waals surface area contributed by atoms with E-state index in [1.807, 2.05) is 0 Å². The van der Waals surface area contributed by atoms with E-state index in [0.29, 0.717) is 6.54 Å². The van der Waals surface area contributed by atoms with Crippen LogP contribution in [-0.2, 0) is 6.54 Å². The zero-order valence-corrected chi connectivity index (χ0v) is 9.33. The van der Waals surface area contributed by atoms with E-state index in [0.717, 1.165) is 6.54 Å². The molecule has 0 unspecified atom stereocenters. The first-order chi connectivity index (χ1) is 5.74. The van der Waals surface area contributed by atoms with Gasteiger partial charge in [-0.25, -0.2) is 0 Å². The number of hydrogen-bond acceptors (Lipinski definition) is 3. The highest BCUT2D eigenvalue weighted by atomic mass is 79.9. The number of aryl methyl sites for hydroxylation is 1. The van der Waals surface area contributed by atoms with Crippen molar-refractivity contribution in [2.75, 3.05) is 13.2 Å². The number of rotatable bonds is 4. The number of nitrogens with one attached hydrogen (secondary N) is 1. The van der Waals surface area contributed by atoms with Crippen LogP contribution in [0.25, 0.3) is 0 Å². The minimum atomic E-state index is 0.200. The maximum atomic E-state index is 8.54. The molecule has 4 heteroatoms. The molecule has 0 aliphatic rings. The summed E-state index contributed by atoms with van der Waals surface area (Å²) in [5.41, 5.74) is 0. The Morgan fingerprint density at radius 3 is 2.92 bits per heavy atom. The molecule has 2 nitrogen and oxygen atoms in total. The van der Waals surface area contributed by atoms with E-state index in [4.69, 9.17) is 5.11 Å². The van der Waals surface area contributed by atoms with Gasteiger partial charge in [-0.05, 0) is 28.9 Å². The summed E-state index contributed by atoms with van der Waals surface area (Å²) in [7, 11) is 0. The van der Waals surface area contributed by atoms with Gasteiger partial charge in [0.1, 0.15) is 0 Å². The van der Waals surface area contributed by atoms with Crippen LogP contribution in [0.3, 0.4) is 0 Å². The third kappa shape index (κ3) is 2.86. The van der Waals surface area contributed by atoms with E-state index in [-0.39, 0.29) is 6.61 Å². The molecule has 68 valence electrons. The van der Waals surface area contributed by atoms with E-state index in [2.05, 4.69) is 34.2 Å². The molecule has 0 atom stereocenters. The van der Waals surface area contributed by atoms with Crippen LogP contribution < -0.4 is 5.32 Å². The second-order valence-electron chi connectivity index (χ2n) is 2.52. The lowest BCUT2D eigenvalue weighted by molar-refractivity contribution is 0.292. The van der Waals surface area contributed by atoms with Crippen molar-refractivity contribution < 1.29 is 5.11 Å². The van der Waals surface area contributed by atoms with Gasteiger partial charge in [-0.15, -0.1) is 11.3 Å². The van der Waals surface area contributed by atoms with Crippen molar-refractivity contribution in [2.45, 2.75) is 13.5 Å². The van der Waals surface area contributed by atoms with Gasteiger partial charge in [0.25, 0.3) is 0 Å². The Bertz CT molecular complexity index is 230. The largest absolute Gasteiger partial charge is 0.395 e. The van der Waals surface area contributed by atoms with Crippen LogP contribution >= 0.6 is 27.3 Å². The maximum absolute atomic E-state index is 8.54. The van der Waals surface area contributed by atoms with Gasteiger partial charge >= 0.3 is 0 Å². The lowest BCUT2D eigenvalue weighted by atomic mass is 10.4. The van der Waals surface area contributed by atoms with Gasteiger partial charge in [-0.2, -0.15) is 0 Å². The van der Waals surface area contributed by atoms with Crippen LogP contribution in [0.4, 0.5) is 0 Å². The minimum absolute atomic E-state index is 0.200. The molecule has 0 aromatic carbocycles. The minimum Gasteiger partial charge on any atom is -0.395 e. The van der Waals surface area contributed by atoms with Crippen LogP contribution in [-0.4, -0.2) is 18.3 Å². The fourth-order valence-corrected chi connectivity index (χ4v) is 2.47. The number of thiophene rings is 1. The fraction of sp³-hybridized carbons (Fsp3) is 0.500. The maximum Gasteiger partial charge on any atom is 0.0556 e. The van der Waals surface area contributed by atoms with Crippen molar-refractivity contribution in [3.63, 3.8) is 0 Å². The highest BCUT2D eigenvalue weighted by Crippen LogP contribution is 2.25. The lowest BCUT2D eigenvalue weighted by Crippen LogP contribution is -2.16. The van der Waals surface area contributed by atoms with Crippen molar-refractivity contribution in [3.05, 3.63) is 20.3 Å². The first-order valence-electron chi connectivity index (χ1n) is 3.80. The molecule has 0 saturated carbocycles. The SMILES string of the molecule is Cc1sc(CNCCO)cc1Br. The number of halogens is 1. The molecule has 0 saturated heterocycles. The van der Waals surface area contributed by atoms with Gasteiger partial charge in [0.2, 0.25) is 0 Å². The van der Waals surface area contributed by atoms with Gasteiger partial charge < -0.3 is 10.4 Å². The predicted octanol–water partition coefficient (Wildman–Crippen LogP) is 1.90. The van der Waals surface area contributed by atoms with Gasteiger partial charge in [0.15, 0.2) is 0 Å².